The number of halogens is 2. The van der Waals surface area contributed by atoms with E-state index < -0.39 is 17.2 Å². The zero-order valence-electron chi connectivity index (χ0n) is 17.2. The first-order valence-electron chi connectivity index (χ1n) is 10.5. The molecule has 0 aliphatic carbocycles. The molecule has 2 atom stereocenters. The molecular formula is C24H23F2N3O2. The predicted molar refractivity (Wildman–Crippen MR) is 114 cm³/mol. The smallest absolute Gasteiger partial charge is 0.252 e. The molecule has 2 aliphatic heterocycles. The molecule has 31 heavy (non-hydrogen) atoms. The van der Waals surface area contributed by atoms with Crippen LogP contribution in [-0.2, 0) is 17.8 Å². The number of hydrogen-bond donors (Lipinski definition) is 1. The Morgan fingerprint density at radius 3 is 2.58 bits per heavy atom. The van der Waals surface area contributed by atoms with Gasteiger partial charge in [-0.3, -0.25) is 14.5 Å². The Balaban J connectivity index is 1.34. The van der Waals surface area contributed by atoms with E-state index in [1.807, 2.05) is 23.1 Å². The van der Waals surface area contributed by atoms with Crippen molar-refractivity contribution in [3.8, 4) is 0 Å². The van der Waals surface area contributed by atoms with Gasteiger partial charge < -0.3 is 9.88 Å². The highest BCUT2D eigenvalue weighted by Gasteiger charge is 2.44. The van der Waals surface area contributed by atoms with Gasteiger partial charge in [-0.25, -0.2) is 8.78 Å². The van der Waals surface area contributed by atoms with Crippen molar-refractivity contribution < 1.29 is 13.6 Å². The van der Waals surface area contributed by atoms with Gasteiger partial charge in [-0.2, -0.15) is 0 Å². The Bertz CT molecular complexity index is 1220. The number of piperazine rings is 1. The summed E-state index contributed by atoms with van der Waals surface area (Å²) < 4.78 is 28.1. The number of likely N-dealkylation sites (tertiary alicyclic amines) is 2. The zero-order valence-corrected chi connectivity index (χ0v) is 17.2. The van der Waals surface area contributed by atoms with Crippen LogP contribution in [0.3, 0.4) is 0 Å². The molecule has 1 amide bonds. The lowest BCUT2D eigenvalue weighted by Crippen LogP contribution is -2.49. The molecule has 1 N–H and O–H groups in total. The highest BCUT2D eigenvalue weighted by Crippen LogP contribution is 2.32. The minimum absolute atomic E-state index is 0.0272. The maximum atomic E-state index is 14.4. The molecule has 1 unspecified atom stereocenters. The van der Waals surface area contributed by atoms with Gasteiger partial charge in [-0.1, -0.05) is 30.3 Å². The molecule has 2 saturated heterocycles. The molecular weight excluding hydrogens is 400 g/mol. The van der Waals surface area contributed by atoms with E-state index in [2.05, 4.69) is 22.0 Å². The Hall–Kier alpha value is -3.06. The predicted octanol–water partition coefficient (Wildman–Crippen LogP) is 3.14. The van der Waals surface area contributed by atoms with Gasteiger partial charge in [0, 0.05) is 42.7 Å². The Kier molecular flexibility index (Phi) is 4.85. The van der Waals surface area contributed by atoms with Crippen molar-refractivity contribution in [2.45, 2.75) is 38.4 Å². The number of H-pyrrole nitrogens is 1. The van der Waals surface area contributed by atoms with Gasteiger partial charge in [-0.05, 0) is 36.6 Å². The zero-order chi connectivity index (χ0) is 21.7. The number of aromatic amines is 1. The van der Waals surface area contributed by atoms with Crippen LogP contribution in [0.5, 0.6) is 0 Å². The second-order valence-electron chi connectivity index (χ2n) is 8.52. The molecule has 5 rings (SSSR count). The first kappa shape index (κ1) is 19.9. The van der Waals surface area contributed by atoms with Crippen LogP contribution in [0.15, 0.2) is 47.3 Å². The van der Waals surface area contributed by atoms with Crippen LogP contribution in [0.25, 0.3) is 10.9 Å². The van der Waals surface area contributed by atoms with Crippen molar-refractivity contribution in [1.82, 2.24) is 14.8 Å². The fourth-order valence-electron chi connectivity index (χ4n) is 5.07. The minimum Gasteiger partial charge on any atom is -0.337 e. The van der Waals surface area contributed by atoms with Gasteiger partial charge in [0.05, 0.1) is 11.9 Å². The van der Waals surface area contributed by atoms with Gasteiger partial charge in [0.1, 0.15) is 0 Å². The molecule has 0 spiro atoms. The number of nitrogens with zero attached hydrogens (tertiary/aromatic N) is 2. The lowest BCUT2D eigenvalue weighted by molar-refractivity contribution is -0.132. The number of hydrogen-bond acceptors (Lipinski definition) is 3. The average molecular weight is 423 g/mol. The highest BCUT2D eigenvalue weighted by atomic mass is 19.2. The summed E-state index contributed by atoms with van der Waals surface area (Å²) in [5.74, 6) is -2.12. The van der Waals surface area contributed by atoms with Gasteiger partial charge in [-0.15, -0.1) is 0 Å². The molecule has 3 heterocycles. The van der Waals surface area contributed by atoms with E-state index in [9.17, 15) is 18.4 Å². The number of amides is 1. The lowest BCUT2D eigenvalue weighted by Gasteiger charge is -2.34. The van der Waals surface area contributed by atoms with E-state index in [1.54, 1.807) is 6.92 Å². The van der Waals surface area contributed by atoms with E-state index in [0.29, 0.717) is 18.2 Å². The molecule has 2 aliphatic rings. The molecule has 5 nitrogen and oxygen atoms in total. The Morgan fingerprint density at radius 2 is 1.87 bits per heavy atom. The molecule has 1 aromatic heterocycles. The van der Waals surface area contributed by atoms with Crippen molar-refractivity contribution in [1.29, 1.82) is 0 Å². The lowest BCUT2D eigenvalue weighted by atomic mass is 10.0. The van der Waals surface area contributed by atoms with E-state index in [1.165, 1.54) is 11.6 Å². The van der Waals surface area contributed by atoms with Crippen LogP contribution in [0, 0.1) is 18.6 Å². The van der Waals surface area contributed by atoms with Crippen molar-refractivity contribution >= 4 is 16.8 Å². The first-order chi connectivity index (χ1) is 14.9. The highest BCUT2D eigenvalue weighted by molar-refractivity contribution is 5.86. The minimum atomic E-state index is -1.00. The van der Waals surface area contributed by atoms with Crippen LogP contribution >= 0.6 is 0 Å². The van der Waals surface area contributed by atoms with Crippen molar-refractivity contribution in [3.63, 3.8) is 0 Å². The summed E-state index contributed by atoms with van der Waals surface area (Å²) in [5.41, 5.74) is 1.57. The third-order valence-corrected chi connectivity index (χ3v) is 6.68. The molecule has 0 radical (unpaired) electrons. The summed E-state index contributed by atoms with van der Waals surface area (Å²) in [6.45, 7) is 3.86. The molecule has 2 bridgehead atoms. The largest absolute Gasteiger partial charge is 0.337 e. The maximum absolute atomic E-state index is 14.4. The number of pyridine rings is 1. The summed E-state index contributed by atoms with van der Waals surface area (Å²) in [4.78, 5) is 32.4. The number of carbonyl (C=O) groups excluding carboxylic acids is 1. The third-order valence-electron chi connectivity index (χ3n) is 6.68. The number of carbonyl (C=O) groups is 1. The number of aromatic nitrogens is 1. The van der Waals surface area contributed by atoms with Crippen LogP contribution in [0.2, 0.25) is 0 Å². The van der Waals surface area contributed by atoms with Crippen molar-refractivity contribution in [2.75, 3.05) is 13.1 Å². The molecule has 160 valence electrons. The van der Waals surface area contributed by atoms with Crippen LogP contribution < -0.4 is 5.56 Å². The number of aryl methyl sites for hydroxylation is 1. The van der Waals surface area contributed by atoms with Crippen LogP contribution in [0.1, 0.15) is 23.1 Å². The molecule has 3 aromatic rings. The van der Waals surface area contributed by atoms with Crippen LogP contribution in [-0.4, -0.2) is 45.9 Å². The van der Waals surface area contributed by atoms with Crippen molar-refractivity contribution in [3.05, 3.63) is 81.1 Å². The van der Waals surface area contributed by atoms with E-state index >= 15 is 0 Å². The van der Waals surface area contributed by atoms with Crippen LogP contribution in [0.4, 0.5) is 8.78 Å². The molecule has 7 heteroatoms. The second-order valence-corrected chi connectivity index (χ2v) is 8.52. The maximum Gasteiger partial charge on any atom is 0.252 e. The Labute approximate surface area is 178 Å². The summed E-state index contributed by atoms with van der Waals surface area (Å²) in [6, 6.07) is 13.0. The molecule has 0 saturated carbocycles. The molecule has 2 fully saturated rings. The topological polar surface area (TPSA) is 56.4 Å². The second kappa shape index (κ2) is 7.57. The summed E-state index contributed by atoms with van der Waals surface area (Å²) in [5, 5.41) is 0.0272. The normalized spacial score (nSPS) is 20.7. The average Bonchev–Trinajstić information content (AvgIpc) is 3.35. The number of nitrogens with one attached hydrogen (secondary N) is 1. The number of fused-ring (bicyclic) bond motifs is 3. The van der Waals surface area contributed by atoms with Crippen molar-refractivity contribution in [2.24, 2.45) is 0 Å². The Morgan fingerprint density at radius 1 is 1.10 bits per heavy atom. The number of rotatable bonds is 4. The van der Waals surface area contributed by atoms with E-state index in [-0.39, 0.29) is 34.8 Å². The third kappa shape index (κ3) is 3.43. The molecule has 2 aromatic carbocycles. The van der Waals surface area contributed by atoms with Gasteiger partial charge >= 0.3 is 0 Å². The monoisotopic (exact) mass is 423 g/mol. The first-order valence-corrected chi connectivity index (χ1v) is 10.5. The quantitative estimate of drug-likeness (QED) is 0.702. The summed E-state index contributed by atoms with van der Waals surface area (Å²) in [7, 11) is 0. The van der Waals surface area contributed by atoms with Gasteiger partial charge in [0.15, 0.2) is 11.6 Å². The van der Waals surface area contributed by atoms with Gasteiger partial charge in [0.25, 0.3) is 5.56 Å². The number of benzene rings is 2. The SMILES string of the molecule is Cc1c(CC(=O)N2C[C@H]3CC2CN3Cc2ccccc2)c(=O)[nH]c2ccc(F)c(F)c12. The van der Waals surface area contributed by atoms with E-state index in [4.69, 9.17) is 0 Å². The van der Waals surface area contributed by atoms with E-state index in [0.717, 1.165) is 25.6 Å². The fraction of sp³-hybridized carbons (Fsp3) is 0.333. The summed E-state index contributed by atoms with van der Waals surface area (Å²) >= 11 is 0. The standard InChI is InChI=1S/C24H23F2N3O2/c1-14-18(24(31)27-20-8-7-19(25)23(26)22(14)20)10-21(30)29-13-16-9-17(29)12-28(16)11-15-5-3-2-4-6-15/h2-8,16-17H,9-13H2,1H3,(H,27,31)/t16-,17?/m1/s1. The fourth-order valence-corrected chi connectivity index (χ4v) is 5.07. The van der Waals surface area contributed by atoms with Gasteiger partial charge in [0.2, 0.25) is 5.91 Å². The summed E-state index contributed by atoms with van der Waals surface area (Å²) in [6.07, 6.45) is 0.806.